The Balaban J connectivity index is 1.69. The van der Waals surface area contributed by atoms with Crippen LogP contribution >= 0.6 is 0 Å². The smallest absolute Gasteiger partial charge is 0.277 e. The number of rotatable bonds is 5. The monoisotopic (exact) mass is 360 g/mol. The fourth-order valence-electron chi connectivity index (χ4n) is 2.77. The second-order valence-electron chi connectivity index (χ2n) is 7.41. The van der Waals surface area contributed by atoms with E-state index in [9.17, 15) is 9.59 Å². The van der Waals surface area contributed by atoms with E-state index in [1.165, 1.54) is 6.08 Å². The summed E-state index contributed by atoms with van der Waals surface area (Å²) >= 11 is 0. The molecule has 140 valence electrons. The summed E-state index contributed by atoms with van der Waals surface area (Å²) in [7, 11) is 0. The molecule has 0 aromatic heterocycles. The second kappa shape index (κ2) is 6.50. The van der Waals surface area contributed by atoms with Crippen molar-refractivity contribution in [2.24, 2.45) is 0 Å². The molecule has 2 N–H and O–H groups in total. The molecule has 0 unspecified atom stereocenters. The van der Waals surface area contributed by atoms with Crippen LogP contribution in [-0.2, 0) is 19.1 Å². The first kappa shape index (κ1) is 18.6. The summed E-state index contributed by atoms with van der Waals surface area (Å²) < 4.78 is 12.0. The SMILES string of the molecule is CC1(C)OC(c2ccc(NC3=CC(=O)N(CCO)C3=O)cc2)OC1(C)C. The number of nitrogens with one attached hydrogen (secondary N) is 1. The zero-order chi connectivity index (χ0) is 19.1. The lowest BCUT2D eigenvalue weighted by Gasteiger charge is -2.30. The van der Waals surface area contributed by atoms with Crippen molar-refractivity contribution in [3.63, 3.8) is 0 Å². The van der Waals surface area contributed by atoms with Gasteiger partial charge in [0, 0.05) is 17.3 Å². The highest BCUT2D eigenvalue weighted by Gasteiger charge is 2.49. The zero-order valence-electron chi connectivity index (χ0n) is 15.4. The van der Waals surface area contributed by atoms with Crippen molar-refractivity contribution >= 4 is 17.5 Å². The van der Waals surface area contributed by atoms with E-state index in [0.29, 0.717) is 5.69 Å². The van der Waals surface area contributed by atoms with Crippen LogP contribution in [0.3, 0.4) is 0 Å². The Morgan fingerprint density at radius 1 is 1.08 bits per heavy atom. The van der Waals surface area contributed by atoms with Crippen LogP contribution in [-0.4, -0.2) is 46.2 Å². The fraction of sp³-hybridized carbons (Fsp3) is 0.474. The molecule has 1 aromatic carbocycles. The van der Waals surface area contributed by atoms with Crippen molar-refractivity contribution < 1.29 is 24.2 Å². The molecule has 26 heavy (non-hydrogen) atoms. The topological polar surface area (TPSA) is 88.1 Å². The van der Waals surface area contributed by atoms with E-state index in [1.807, 2.05) is 39.8 Å². The van der Waals surface area contributed by atoms with Crippen LogP contribution in [0.4, 0.5) is 5.69 Å². The van der Waals surface area contributed by atoms with Gasteiger partial charge in [-0.25, -0.2) is 0 Å². The largest absolute Gasteiger partial charge is 0.395 e. The van der Waals surface area contributed by atoms with Crippen LogP contribution in [0, 0.1) is 0 Å². The maximum Gasteiger partial charge on any atom is 0.277 e. The molecule has 1 fully saturated rings. The molecule has 0 saturated carbocycles. The van der Waals surface area contributed by atoms with E-state index in [-0.39, 0.29) is 18.8 Å². The first-order chi connectivity index (χ1) is 12.1. The minimum atomic E-state index is -0.456. The predicted molar refractivity (Wildman–Crippen MR) is 95.0 cm³/mol. The highest BCUT2D eigenvalue weighted by Crippen LogP contribution is 2.44. The molecule has 0 atom stereocenters. The molecule has 0 bridgehead atoms. The maximum atomic E-state index is 12.2. The predicted octanol–water partition coefficient (Wildman–Crippen LogP) is 1.95. The third-order valence-electron chi connectivity index (χ3n) is 5.05. The third kappa shape index (κ3) is 3.25. The lowest BCUT2D eigenvalue weighted by molar-refractivity contribution is -0.137. The minimum Gasteiger partial charge on any atom is -0.395 e. The highest BCUT2D eigenvalue weighted by molar-refractivity contribution is 6.17. The van der Waals surface area contributed by atoms with Gasteiger partial charge in [0.1, 0.15) is 5.70 Å². The quantitative estimate of drug-likeness (QED) is 0.781. The first-order valence-corrected chi connectivity index (χ1v) is 8.55. The highest BCUT2D eigenvalue weighted by atomic mass is 16.7. The van der Waals surface area contributed by atoms with Crippen LogP contribution in [0.1, 0.15) is 39.5 Å². The molecule has 2 amide bonds. The summed E-state index contributed by atoms with van der Waals surface area (Å²) in [4.78, 5) is 24.9. The lowest BCUT2D eigenvalue weighted by Crippen LogP contribution is -2.41. The van der Waals surface area contributed by atoms with E-state index in [2.05, 4.69) is 5.32 Å². The van der Waals surface area contributed by atoms with Gasteiger partial charge in [0.15, 0.2) is 6.29 Å². The fourth-order valence-corrected chi connectivity index (χ4v) is 2.77. The van der Waals surface area contributed by atoms with Crippen molar-refractivity contribution in [1.29, 1.82) is 0 Å². The van der Waals surface area contributed by atoms with Gasteiger partial charge < -0.3 is 19.9 Å². The number of nitrogens with zero attached hydrogens (tertiary/aromatic N) is 1. The molecule has 0 radical (unpaired) electrons. The summed E-state index contributed by atoms with van der Waals surface area (Å²) in [5.41, 5.74) is 0.910. The Bertz CT molecular complexity index is 736. The van der Waals surface area contributed by atoms with Crippen molar-refractivity contribution in [2.75, 3.05) is 18.5 Å². The number of aliphatic hydroxyl groups excluding tert-OH is 1. The second-order valence-corrected chi connectivity index (χ2v) is 7.41. The van der Waals surface area contributed by atoms with Crippen LogP contribution in [0.5, 0.6) is 0 Å². The summed E-state index contributed by atoms with van der Waals surface area (Å²) in [5, 5.41) is 11.9. The molecular formula is C19H24N2O5. The van der Waals surface area contributed by atoms with E-state index in [0.717, 1.165) is 10.5 Å². The van der Waals surface area contributed by atoms with E-state index < -0.39 is 29.3 Å². The van der Waals surface area contributed by atoms with Gasteiger partial charge >= 0.3 is 0 Å². The standard InChI is InChI=1S/C19H24N2O5/c1-18(2)19(3,4)26-17(25-18)12-5-7-13(8-6-12)20-14-11-15(23)21(9-10-22)16(14)24/h5-8,11,17,20,22H,9-10H2,1-4H3. The molecule has 3 rings (SSSR count). The Morgan fingerprint density at radius 3 is 2.19 bits per heavy atom. The molecule has 0 spiro atoms. The first-order valence-electron chi connectivity index (χ1n) is 8.55. The summed E-state index contributed by atoms with van der Waals surface area (Å²) in [6.07, 6.45) is 0.781. The number of carbonyl (C=O) groups is 2. The van der Waals surface area contributed by atoms with Crippen molar-refractivity contribution in [2.45, 2.75) is 45.2 Å². The molecule has 2 heterocycles. The van der Waals surface area contributed by atoms with Crippen molar-refractivity contribution in [1.82, 2.24) is 4.90 Å². The Labute approximate surface area is 152 Å². The summed E-state index contributed by atoms with van der Waals surface area (Å²) in [6, 6.07) is 7.32. The van der Waals surface area contributed by atoms with Gasteiger partial charge in [-0.05, 0) is 39.8 Å². The normalized spacial score (nSPS) is 22.0. The van der Waals surface area contributed by atoms with Gasteiger partial charge in [-0.2, -0.15) is 0 Å². The average molecular weight is 360 g/mol. The maximum absolute atomic E-state index is 12.2. The molecule has 1 saturated heterocycles. The number of amides is 2. The number of β-amino-alcohol motifs (C(OH)–C–C–N with tert-alkyl or cyclic N) is 1. The van der Waals surface area contributed by atoms with Gasteiger partial charge in [0.2, 0.25) is 0 Å². The number of carbonyl (C=O) groups excluding carboxylic acids is 2. The van der Waals surface area contributed by atoms with Crippen molar-refractivity contribution in [3.05, 3.63) is 41.6 Å². The third-order valence-corrected chi connectivity index (χ3v) is 5.05. The van der Waals surface area contributed by atoms with Crippen LogP contribution in [0.2, 0.25) is 0 Å². The van der Waals surface area contributed by atoms with Gasteiger partial charge in [0.05, 0.1) is 24.4 Å². The van der Waals surface area contributed by atoms with Gasteiger partial charge in [-0.1, -0.05) is 12.1 Å². The number of hydrogen-bond acceptors (Lipinski definition) is 6. The Morgan fingerprint density at radius 2 is 1.65 bits per heavy atom. The molecule has 7 heteroatoms. The Hall–Kier alpha value is -2.22. The van der Waals surface area contributed by atoms with E-state index >= 15 is 0 Å². The average Bonchev–Trinajstić information content (AvgIpc) is 2.94. The molecule has 7 nitrogen and oxygen atoms in total. The summed E-state index contributed by atoms with van der Waals surface area (Å²) in [6.45, 7) is 7.71. The number of benzene rings is 1. The number of imide groups is 1. The molecular weight excluding hydrogens is 336 g/mol. The molecule has 1 aromatic rings. The van der Waals surface area contributed by atoms with E-state index in [4.69, 9.17) is 14.6 Å². The lowest BCUT2D eigenvalue weighted by atomic mass is 9.90. The Kier molecular flexibility index (Phi) is 4.64. The van der Waals surface area contributed by atoms with Gasteiger partial charge in [-0.3, -0.25) is 14.5 Å². The minimum absolute atomic E-state index is 0.0137. The van der Waals surface area contributed by atoms with Crippen LogP contribution in [0.15, 0.2) is 36.0 Å². The van der Waals surface area contributed by atoms with Gasteiger partial charge in [0.25, 0.3) is 11.8 Å². The van der Waals surface area contributed by atoms with E-state index in [1.54, 1.807) is 12.1 Å². The number of ether oxygens (including phenoxy) is 2. The van der Waals surface area contributed by atoms with Crippen LogP contribution in [0.25, 0.3) is 0 Å². The van der Waals surface area contributed by atoms with Crippen LogP contribution < -0.4 is 5.32 Å². The zero-order valence-corrected chi connectivity index (χ0v) is 15.4. The molecule has 2 aliphatic rings. The van der Waals surface area contributed by atoms with Crippen molar-refractivity contribution in [3.8, 4) is 0 Å². The van der Waals surface area contributed by atoms with Gasteiger partial charge in [-0.15, -0.1) is 0 Å². The molecule has 0 aliphatic carbocycles. The molecule has 2 aliphatic heterocycles. The number of anilines is 1. The number of aliphatic hydroxyl groups is 1. The summed E-state index contributed by atoms with van der Waals surface area (Å²) in [5.74, 6) is -0.875. The number of hydrogen-bond donors (Lipinski definition) is 2.